The number of hydrogen-bond donors (Lipinski definition) is 2. The van der Waals surface area contributed by atoms with Crippen molar-refractivity contribution in [3.05, 3.63) is 12.2 Å². The molecule has 0 aromatic rings. The van der Waals surface area contributed by atoms with Crippen LogP contribution < -0.4 is 5.32 Å². The SMILES string of the molecule is C=C(C)C1CCC2(C(=O)N[C@@H]3C[C@H](C(=O)N4CCCCC4)C3(C)C)CCC3(C)C(CCC4C5(C)CCC(O)C(C)(C)C5CCC43C)C12. The number of rotatable bonds is 4. The molecule has 2 N–H and O–H groups in total. The van der Waals surface area contributed by atoms with E-state index in [2.05, 4.69) is 72.2 Å². The van der Waals surface area contributed by atoms with Crippen molar-refractivity contribution in [1.29, 1.82) is 0 Å². The highest BCUT2D eigenvalue weighted by Crippen LogP contribution is 2.77. The molecule has 6 aliphatic carbocycles. The maximum absolute atomic E-state index is 14.9. The second-order valence-corrected chi connectivity index (χ2v) is 20.2. The van der Waals surface area contributed by atoms with Gasteiger partial charge >= 0.3 is 0 Å². The van der Waals surface area contributed by atoms with Crippen molar-refractivity contribution < 1.29 is 14.7 Å². The van der Waals surface area contributed by atoms with Crippen LogP contribution in [0.1, 0.15) is 145 Å². The molecule has 0 aromatic carbocycles. The van der Waals surface area contributed by atoms with E-state index in [1.165, 1.54) is 37.7 Å². The Morgan fingerprint density at radius 3 is 2.13 bits per heavy atom. The smallest absolute Gasteiger partial charge is 0.226 e. The van der Waals surface area contributed by atoms with Crippen LogP contribution in [0.5, 0.6) is 0 Å². The topological polar surface area (TPSA) is 69.6 Å². The van der Waals surface area contributed by atoms with Crippen molar-refractivity contribution >= 4 is 11.8 Å². The molecule has 1 heterocycles. The van der Waals surface area contributed by atoms with E-state index < -0.39 is 0 Å². The van der Waals surface area contributed by atoms with Gasteiger partial charge in [-0.1, -0.05) is 60.6 Å². The molecule has 6 saturated carbocycles. The van der Waals surface area contributed by atoms with E-state index in [4.69, 9.17) is 0 Å². The highest BCUT2D eigenvalue weighted by Gasteiger charge is 2.72. The standard InChI is InChI=1S/C42H68N2O3/c1-26(2)27-15-20-42(36(47)43-32-25-29(37(32,3)4)35(46)44-23-11-10-12-24-44)22-21-40(8)28(34(27)42)13-14-31-39(7)18-17-33(45)38(5,6)30(39)16-19-41(31,40)9/h27-34,45H,1,10-25H2,2-9H3,(H,43,47)/t27?,28?,29-,30?,31?,32-,33?,34?,39?,40?,41?,42?/m1/s1. The number of fused-ring (bicyclic) bond motifs is 7. The van der Waals surface area contributed by atoms with Gasteiger partial charge in [-0.3, -0.25) is 9.59 Å². The molecule has 1 aliphatic heterocycles. The van der Waals surface area contributed by atoms with Crippen molar-refractivity contribution in [2.45, 2.75) is 157 Å². The molecule has 10 unspecified atom stereocenters. The number of carbonyl (C=O) groups excluding carboxylic acids is 2. The second-order valence-electron chi connectivity index (χ2n) is 20.2. The van der Waals surface area contributed by atoms with Crippen LogP contribution in [0.2, 0.25) is 0 Å². The van der Waals surface area contributed by atoms with Crippen LogP contribution in [0, 0.1) is 68.0 Å². The van der Waals surface area contributed by atoms with Gasteiger partial charge in [-0.2, -0.15) is 0 Å². The first-order chi connectivity index (χ1) is 21.9. The van der Waals surface area contributed by atoms with Gasteiger partial charge < -0.3 is 15.3 Å². The average molecular weight is 649 g/mol. The number of nitrogens with one attached hydrogen (secondary N) is 1. The van der Waals surface area contributed by atoms with Crippen molar-refractivity contribution in [1.82, 2.24) is 10.2 Å². The zero-order chi connectivity index (χ0) is 33.9. The summed E-state index contributed by atoms with van der Waals surface area (Å²) < 4.78 is 0. The summed E-state index contributed by atoms with van der Waals surface area (Å²) in [5, 5.41) is 14.8. The maximum Gasteiger partial charge on any atom is 0.226 e. The summed E-state index contributed by atoms with van der Waals surface area (Å²) in [5.41, 5.74) is 1.39. The van der Waals surface area contributed by atoms with Gasteiger partial charge in [0.1, 0.15) is 0 Å². The summed E-state index contributed by atoms with van der Waals surface area (Å²) in [4.78, 5) is 30.5. The molecule has 5 heteroatoms. The van der Waals surface area contributed by atoms with Crippen LogP contribution in [0.15, 0.2) is 12.2 Å². The van der Waals surface area contributed by atoms with E-state index in [-0.39, 0.29) is 50.6 Å². The molecule has 5 nitrogen and oxygen atoms in total. The van der Waals surface area contributed by atoms with E-state index in [0.717, 1.165) is 70.9 Å². The lowest BCUT2D eigenvalue weighted by atomic mass is 9.32. The minimum atomic E-state index is -0.326. The summed E-state index contributed by atoms with van der Waals surface area (Å²) in [7, 11) is 0. The van der Waals surface area contributed by atoms with Crippen LogP contribution in [0.3, 0.4) is 0 Å². The summed E-state index contributed by atoms with van der Waals surface area (Å²) >= 11 is 0. The molecular weight excluding hydrogens is 580 g/mol. The summed E-state index contributed by atoms with van der Waals surface area (Å²) in [5.74, 6) is 3.13. The predicted octanol–water partition coefficient (Wildman–Crippen LogP) is 8.55. The van der Waals surface area contributed by atoms with Gasteiger partial charge in [0.05, 0.1) is 11.5 Å². The molecule has 7 fully saturated rings. The number of piperidine rings is 1. The zero-order valence-corrected chi connectivity index (χ0v) is 31.4. The Kier molecular flexibility index (Phi) is 8.03. The number of carbonyl (C=O) groups is 2. The highest BCUT2D eigenvalue weighted by molar-refractivity contribution is 5.86. The van der Waals surface area contributed by atoms with Gasteiger partial charge in [0.2, 0.25) is 11.8 Å². The van der Waals surface area contributed by atoms with Crippen LogP contribution in [0.25, 0.3) is 0 Å². The van der Waals surface area contributed by atoms with Crippen LogP contribution in [-0.2, 0) is 9.59 Å². The first-order valence-electron chi connectivity index (χ1n) is 19.9. The van der Waals surface area contributed by atoms with Crippen molar-refractivity contribution in [3.63, 3.8) is 0 Å². The third kappa shape index (κ3) is 4.54. The van der Waals surface area contributed by atoms with E-state index >= 15 is 0 Å². The molecule has 1 saturated heterocycles. The predicted molar refractivity (Wildman–Crippen MR) is 189 cm³/mol. The first-order valence-corrected chi connectivity index (χ1v) is 19.9. The zero-order valence-electron chi connectivity index (χ0n) is 31.4. The molecule has 2 amide bonds. The Morgan fingerprint density at radius 1 is 0.766 bits per heavy atom. The van der Waals surface area contributed by atoms with Gasteiger partial charge in [-0.25, -0.2) is 0 Å². The third-order valence-electron chi connectivity index (χ3n) is 18.0. The lowest BCUT2D eigenvalue weighted by molar-refractivity contribution is -0.246. The molecule has 0 spiro atoms. The normalized spacial score (nSPS) is 49.8. The summed E-state index contributed by atoms with van der Waals surface area (Å²) in [6.07, 6.45) is 15.2. The highest BCUT2D eigenvalue weighted by atomic mass is 16.3. The first kappa shape index (κ1) is 34.1. The van der Waals surface area contributed by atoms with Gasteiger partial charge in [0, 0.05) is 25.0 Å². The Balaban J connectivity index is 1.15. The van der Waals surface area contributed by atoms with Crippen molar-refractivity contribution in [2.75, 3.05) is 13.1 Å². The quantitative estimate of drug-likeness (QED) is 0.300. The summed E-state index contributed by atoms with van der Waals surface area (Å²) in [6, 6.07) is 0.0643. The van der Waals surface area contributed by atoms with Gasteiger partial charge in [0.15, 0.2) is 0 Å². The van der Waals surface area contributed by atoms with E-state index in [1.54, 1.807) is 0 Å². The van der Waals surface area contributed by atoms with Gasteiger partial charge in [-0.15, -0.1) is 0 Å². The second kappa shape index (κ2) is 11.1. The Morgan fingerprint density at radius 2 is 1.47 bits per heavy atom. The largest absolute Gasteiger partial charge is 0.393 e. The number of amides is 2. The molecule has 264 valence electrons. The molecule has 7 aliphatic rings. The fourth-order valence-electron chi connectivity index (χ4n) is 14.7. The maximum atomic E-state index is 14.9. The summed E-state index contributed by atoms with van der Waals surface area (Å²) in [6.45, 7) is 25.6. The number of hydrogen-bond acceptors (Lipinski definition) is 3. The number of nitrogens with zero attached hydrogens (tertiary/aromatic N) is 1. The third-order valence-corrected chi connectivity index (χ3v) is 18.0. The Labute approximate surface area is 286 Å². The van der Waals surface area contributed by atoms with Crippen LogP contribution >= 0.6 is 0 Å². The fraction of sp³-hybridized carbons (Fsp3) is 0.905. The Hall–Kier alpha value is -1.36. The monoisotopic (exact) mass is 649 g/mol. The van der Waals surface area contributed by atoms with Crippen molar-refractivity contribution in [3.8, 4) is 0 Å². The number of aliphatic hydroxyl groups is 1. The van der Waals surface area contributed by atoms with Gasteiger partial charge in [-0.05, 0) is 153 Å². The Bertz CT molecular complexity index is 1300. The van der Waals surface area contributed by atoms with Gasteiger partial charge in [0.25, 0.3) is 0 Å². The van der Waals surface area contributed by atoms with E-state index in [1.807, 2.05) is 0 Å². The molecule has 0 radical (unpaired) electrons. The fourth-order valence-corrected chi connectivity index (χ4v) is 14.7. The van der Waals surface area contributed by atoms with E-state index in [0.29, 0.717) is 41.4 Å². The molecule has 7 rings (SSSR count). The minimum Gasteiger partial charge on any atom is -0.393 e. The van der Waals surface area contributed by atoms with Crippen molar-refractivity contribution in [2.24, 2.45) is 68.0 Å². The van der Waals surface area contributed by atoms with Crippen LogP contribution in [0.4, 0.5) is 0 Å². The molecule has 0 bridgehead atoms. The lowest BCUT2D eigenvalue weighted by Crippen LogP contribution is -2.68. The molecule has 0 aromatic heterocycles. The number of likely N-dealkylation sites (tertiary alicyclic amines) is 1. The number of aliphatic hydroxyl groups excluding tert-OH is 1. The molecular formula is C42H68N2O3. The molecule has 12 atom stereocenters. The minimum absolute atomic E-state index is 0.0122. The average Bonchev–Trinajstić information content (AvgIpc) is 3.43. The lowest BCUT2D eigenvalue weighted by Gasteiger charge is -2.72. The van der Waals surface area contributed by atoms with Crippen LogP contribution in [-0.4, -0.2) is 47.1 Å². The van der Waals surface area contributed by atoms with E-state index in [9.17, 15) is 14.7 Å². The number of allylic oxidation sites excluding steroid dienone is 1. The molecule has 47 heavy (non-hydrogen) atoms.